The zero-order valence-electron chi connectivity index (χ0n) is 45.8. The fourth-order valence-electron chi connectivity index (χ4n) is 10.2. The summed E-state index contributed by atoms with van der Waals surface area (Å²) in [5.74, 6) is 4.72. The van der Waals surface area contributed by atoms with Crippen molar-refractivity contribution >= 4 is 84.2 Å². The van der Waals surface area contributed by atoms with Crippen LogP contribution in [0.15, 0.2) is 141 Å². The van der Waals surface area contributed by atoms with Crippen molar-refractivity contribution in [1.82, 2.24) is 58.8 Å². The molecule has 0 radical (unpaired) electrons. The van der Waals surface area contributed by atoms with Crippen molar-refractivity contribution in [1.29, 1.82) is 0 Å². The minimum absolute atomic E-state index is 0.111. The molecule has 80 heavy (non-hydrogen) atoms. The third-order valence-corrected chi connectivity index (χ3v) is 15.6. The number of nitrogens with zero attached hydrogens (tertiary/aromatic N) is 13. The van der Waals surface area contributed by atoms with Crippen molar-refractivity contribution in [3.8, 4) is 17.6 Å². The number of nitrogens with one attached hydrogen (secondary N) is 1. The first-order valence-corrected chi connectivity index (χ1v) is 29.2. The maximum Gasteiger partial charge on any atom is 0.317 e. The van der Waals surface area contributed by atoms with E-state index in [0.29, 0.717) is 25.1 Å². The molecule has 18 nitrogen and oxygen atoms in total. The molecule has 0 bridgehead atoms. The lowest BCUT2D eigenvalue weighted by atomic mass is 9.94. The highest BCUT2D eigenvalue weighted by atomic mass is 127. The first-order chi connectivity index (χ1) is 39.1. The SMILES string of the molecule is CN(C)CC(=O)O.ClCCC1CCN(c2ccc(-n3ccc4ccncc43)nc2)CC1.Ic1ccc(-n2ccc3ccncc32)nc1.OCCC1CCN(c2cnc(-n3ccc4ccncc43)nc2)CC1.OCCC1CCNCC1. The van der Waals surface area contributed by atoms with Crippen LogP contribution in [0.2, 0.25) is 0 Å². The number of likely N-dealkylation sites (N-methyl/N-ethyl adjacent to an activating group) is 1. The number of hydrogen-bond donors (Lipinski definition) is 4. The van der Waals surface area contributed by atoms with Gasteiger partial charge in [0.05, 0.1) is 71.7 Å². The standard InChI is InChI=1S/C19H21ClN4.C18H21N5O.C12H8IN3.C7H15NO.C4H9NO2/c20-8-3-15-5-10-23(11-6-15)17-1-2-19(22-13-17)24-12-7-16-4-9-21-14-18(16)24;24-10-5-14-2-7-22(8-3-14)16-11-20-18(21-12-16)23-9-4-15-1-6-19-13-17(15)23;13-10-1-2-12(15-7-10)16-6-4-9-3-5-14-8-11(9)16;9-6-3-7-1-4-8-5-2-7;1-5(2)3-4(6)7/h1-2,4,7,9,12-15H,3,5-6,8,10-11H2;1,4,6,9,11-14,24H,2-3,5,7-8,10H2;1-8H;7-9H,1-6H2;3H2,1-2H3,(H,6,7). The molecule has 422 valence electrons. The normalized spacial score (nSPS) is 15.1. The van der Waals surface area contributed by atoms with Crippen LogP contribution in [0.25, 0.3) is 50.3 Å². The Kier molecular flexibility index (Phi) is 22.9. The van der Waals surface area contributed by atoms with Crippen molar-refractivity contribution in [2.75, 3.05) is 88.8 Å². The maximum atomic E-state index is 9.77. The molecule has 0 spiro atoms. The molecule has 0 saturated carbocycles. The summed E-state index contributed by atoms with van der Waals surface area (Å²) in [6.07, 6.45) is 34.9. The van der Waals surface area contributed by atoms with Crippen molar-refractivity contribution in [3.05, 3.63) is 145 Å². The van der Waals surface area contributed by atoms with Gasteiger partial charge < -0.3 is 30.4 Å². The summed E-state index contributed by atoms with van der Waals surface area (Å²) in [4.78, 5) is 46.8. The topological polar surface area (TPSA) is 205 Å². The van der Waals surface area contributed by atoms with Gasteiger partial charge in [0.25, 0.3) is 0 Å². The Balaban J connectivity index is 0.000000141. The van der Waals surface area contributed by atoms with Crippen molar-refractivity contribution in [2.24, 2.45) is 17.8 Å². The summed E-state index contributed by atoms with van der Waals surface area (Å²) in [5.41, 5.74) is 5.44. The Morgan fingerprint density at radius 1 is 0.575 bits per heavy atom. The highest BCUT2D eigenvalue weighted by Crippen LogP contribution is 2.28. The number of aliphatic carboxylic acids is 1. The number of piperidine rings is 3. The number of aromatic nitrogens is 10. The van der Waals surface area contributed by atoms with E-state index in [1.54, 1.807) is 31.4 Å². The first-order valence-electron chi connectivity index (χ1n) is 27.6. The largest absolute Gasteiger partial charge is 0.480 e. The zero-order chi connectivity index (χ0) is 56.1. The Labute approximate surface area is 487 Å². The molecule has 9 aromatic heterocycles. The molecule has 9 aromatic rings. The quantitative estimate of drug-likeness (QED) is 0.0627. The summed E-state index contributed by atoms with van der Waals surface area (Å²) in [5, 5.41) is 32.5. The molecule has 12 heterocycles. The average molecular weight is 1220 g/mol. The third-order valence-electron chi connectivity index (χ3n) is 14.7. The predicted octanol–water partition coefficient (Wildman–Crippen LogP) is 9.71. The van der Waals surface area contributed by atoms with E-state index >= 15 is 0 Å². The van der Waals surface area contributed by atoms with Gasteiger partial charge in [-0.15, -0.1) is 11.6 Å². The number of carboxylic acids is 1. The van der Waals surface area contributed by atoms with E-state index in [1.165, 1.54) is 42.1 Å². The number of aliphatic hydroxyl groups is 2. The number of anilines is 2. The minimum atomic E-state index is -0.787. The summed E-state index contributed by atoms with van der Waals surface area (Å²) in [7, 11) is 3.43. The van der Waals surface area contributed by atoms with Crippen LogP contribution in [0.5, 0.6) is 0 Å². The van der Waals surface area contributed by atoms with Gasteiger partial charge in [0, 0.05) is 108 Å². The number of aliphatic hydroxyl groups excluding tert-OH is 2. The van der Waals surface area contributed by atoms with Crippen molar-refractivity contribution < 1.29 is 20.1 Å². The lowest BCUT2D eigenvalue weighted by Crippen LogP contribution is -2.34. The number of rotatable bonds is 13. The van der Waals surface area contributed by atoms with Gasteiger partial charge in [-0.05, 0) is 186 Å². The van der Waals surface area contributed by atoms with E-state index in [0.717, 1.165) is 132 Å². The molecular weight excluding hydrogens is 1140 g/mol. The minimum Gasteiger partial charge on any atom is -0.480 e. The molecule has 3 saturated heterocycles. The number of pyridine rings is 5. The Bertz CT molecular complexity index is 3100. The van der Waals surface area contributed by atoms with Gasteiger partial charge in [-0.1, -0.05) is 0 Å². The molecule has 3 fully saturated rings. The summed E-state index contributed by atoms with van der Waals surface area (Å²) in [6, 6.07) is 20.5. The zero-order valence-corrected chi connectivity index (χ0v) is 48.7. The van der Waals surface area contributed by atoms with Crippen LogP contribution >= 0.6 is 34.2 Å². The van der Waals surface area contributed by atoms with Crippen LogP contribution in [-0.4, -0.2) is 154 Å². The van der Waals surface area contributed by atoms with Crippen molar-refractivity contribution in [3.63, 3.8) is 0 Å². The molecule has 0 unspecified atom stereocenters. The van der Waals surface area contributed by atoms with E-state index in [9.17, 15) is 4.79 Å². The van der Waals surface area contributed by atoms with Gasteiger partial charge in [0.15, 0.2) is 0 Å². The summed E-state index contributed by atoms with van der Waals surface area (Å²) in [6.45, 7) is 7.26. The lowest BCUT2D eigenvalue weighted by molar-refractivity contribution is -0.137. The number of hydrogen-bond acceptors (Lipinski definition) is 14. The maximum absolute atomic E-state index is 9.77. The predicted molar refractivity (Wildman–Crippen MR) is 328 cm³/mol. The molecule has 0 aromatic carbocycles. The molecule has 0 amide bonds. The Hall–Kier alpha value is -6.62. The molecule has 12 rings (SSSR count). The second-order valence-corrected chi connectivity index (χ2v) is 22.1. The smallest absolute Gasteiger partial charge is 0.317 e. The highest BCUT2D eigenvalue weighted by molar-refractivity contribution is 14.1. The molecule has 4 N–H and O–H groups in total. The van der Waals surface area contributed by atoms with Crippen molar-refractivity contribution in [2.45, 2.75) is 57.8 Å². The van der Waals surface area contributed by atoms with Gasteiger partial charge in [0.2, 0.25) is 5.95 Å². The summed E-state index contributed by atoms with van der Waals surface area (Å²) < 4.78 is 7.22. The Morgan fingerprint density at radius 3 is 1.46 bits per heavy atom. The molecule has 0 aliphatic carbocycles. The van der Waals surface area contributed by atoms with Crippen LogP contribution in [0.3, 0.4) is 0 Å². The number of fused-ring (bicyclic) bond motifs is 3. The lowest BCUT2D eigenvalue weighted by Gasteiger charge is -2.33. The van der Waals surface area contributed by atoms with Crippen LogP contribution in [0, 0.1) is 21.3 Å². The van der Waals surface area contributed by atoms with Crippen LogP contribution in [0.4, 0.5) is 11.4 Å². The van der Waals surface area contributed by atoms with E-state index < -0.39 is 5.97 Å². The van der Waals surface area contributed by atoms with Crippen LogP contribution in [0.1, 0.15) is 57.8 Å². The molecule has 3 aliphatic heterocycles. The highest BCUT2D eigenvalue weighted by Gasteiger charge is 2.21. The van der Waals surface area contributed by atoms with E-state index in [2.05, 4.69) is 101 Å². The molecular formula is C60H74ClIN14O4. The summed E-state index contributed by atoms with van der Waals surface area (Å²) >= 11 is 8.11. The molecule has 3 aliphatic rings. The van der Waals surface area contributed by atoms with Gasteiger partial charge in [-0.3, -0.25) is 38.3 Å². The number of alkyl halides is 1. The number of carbonyl (C=O) groups is 1. The third kappa shape index (κ3) is 17.0. The monoisotopic (exact) mass is 1220 g/mol. The second kappa shape index (κ2) is 30.8. The Morgan fingerprint density at radius 2 is 1.02 bits per heavy atom. The second-order valence-electron chi connectivity index (χ2n) is 20.5. The van der Waals surface area contributed by atoms with E-state index in [1.807, 2.05) is 114 Å². The van der Waals surface area contributed by atoms with E-state index in [-0.39, 0.29) is 6.54 Å². The average Bonchev–Trinajstić information content (AvgIpc) is 4.26. The first kappa shape index (κ1) is 59.5. The number of halogens is 2. The number of carboxylic acid groups (broad SMARTS) is 1. The fraction of sp³-hybridized carbons (Fsp3) is 0.400. The molecule has 0 atom stereocenters. The van der Waals surface area contributed by atoms with Crippen LogP contribution in [-0.2, 0) is 4.79 Å². The molecule has 20 heteroatoms. The van der Waals surface area contributed by atoms with Gasteiger partial charge >= 0.3 is 5.97 Å². The fourth-order valence-corrected chi connectivity index (χ4v) is 10.9. The van der Waals surface area contributed by atoms with E-state index in [4.69, 9.17) is 26.9 Å². The van der Waals surface area contributed by atoms with Gasteiger partial charge in [-0.25, -0.2) is 19.9 Å². The van der Waals surface area contributed by atoms with Gasteiger partial charge in [-0.2, -0.15) is 0 Å². The van der Waals surface area contributed by atoms with Crippen LogP contribution < -0.4 is 15.1 Å². The van der Waals surface area contributed by atoms with Gasteiger partial charge in [0.1, 0.15) is 11.6 Å².